The van der Waals surface area contributed by atoms with Gasteiger partial charge in [-0.3, -0.25) is 0 Å². The van der Waals surface area contributed by atoms with Crippen molar-refractivity contribution in [2.75, 3.05) is 37.6 Å². The monoisotopic (exact) mass is 284 g/mol. The first-order valence-corrected chi connectivity index (χ1v) is 7.37. The quantitative estimate of drug-likeness (QED) is 0.834. The molecule has 0 aromatic heterocycles. The third kappa shape index (κ3) is 3.21. The Kier molecular flexibility index (Phi) is 4.69. The van der Waals surface area contributed by atoms with Crippen molar-refractivity contribution < 1.29 is 4.39 Å². The van der Waals surface area contributed by atoms with Crippen LogP contribution in [0.15, 0.2) is 12.1 Å². The summed E-state index contributed by atoms with van der Waals surface area (Å²) in [4.78, 5) is 4.43. The fourth-order valence-corrected chi connectivity index (χ4v) is 2.84. The van der Waals surface area contributed by atoms with Gasteiger partial charge in [0.1, 0.15) is 5.82 Å². The second kappa shape index (κ2) is 6.10. The molecule has 1 saturated heterocycles. The van der Waals surface area contributed by atoms with E-state index in [-0.39, 0.29) is 11.7 Å². The van der Waals surface area contributed by atoms with Gasteiger partial charge in [0, 0.05) is 26.2 Å². The molecule has 0 bridgehead atoms. The van der Waals surface area contributed by atoms with Gasteiger partial charge in [0.25, 0.3) is 0 Å². The maximum atomic E-state index is 14.3. The molecule has 0 radical (unpaired) electrons. The predicted octanol–water partition coefficient (Wildman–Crippen LogP) is 3.74. The van der Waals surface area contributed by atoms with Gasteiger partial charge in [-0.2, -0.15) is 0 Å². The smallest absolute Gasteiger partial charge is 0.148 e. The van der Waals surface area contributed by atoms with E-state index in [4.69, 9.17) is 11.6 Å². The lowest BCUT2D eigenvalue weighted by Crippen LogP contribution is -2.46. The lowest BCUT2D eigenvalue weighted by atomic mass is 10.0. The fourth-order valence-electron chi connectivity index (χ4n) is 2.51. The third-order valence-corrected chi connectivity index (χ3v) is 4.13. The summed E-state index contributed by atoms with van der Waals surface area (Å²) in [5.41, 5.74) is 1.53. The molecular formula is C15H22ClFN2. The van der Waals surface area contributed by atoms with Crippen molar-refractivity contribution in [1.82, 2.24) is 4.90 Å². The molecule has 0 N–H and O–H groups in total. The van der Waals surface area contributed by atoms with Gasteiger partial charge in [-0.05, 0) is 30.2 Å². The number of rotatable bonds is 3. The molecule has 4 heteroatoms. The molecule has 1 aromatic carbocycles. The topological polar surface area (TPSA) is 6.48 Å². The minimum Gasteiger partial charge on any atom is -0.365 e. The zero-order chi connectivity index (χ0) is 14.0. The van der Waals surface area contributed by atoms with Crippen LogP contribution in [0, 0.1) is 5.82 Å². The van der Waals surface area contributed by atoms with Gasteiger partial charge in [-0.25, -0.2) is 4.39 Å². The van der Waals surface area contributed by atoms with E-state index in [1.165, 1.54) is 0 Å². The van der Waals surface area contributed by atoms with Crippen molar-refractivity contribution in [2.24, 2.45) is 0 Å². The van der Waals surface area contributed by atoms with Gasteiger partial charge in [0.05, 0.1) is 10.7 Å². The summed E-state index contributed by atoms with van der Waals surface area (Å²) in [6.45, 7) is 10.9. The molecule has 1 heterocycles. The number of hydrogen-bond donors (Lipinski definition) is 0. The highest BCUT2D eigenvalue weighted by atomic mass is 35.5. The molecule has 0 saturated carbocycles. The number of halogens is 2. The first-order chi connectivity index (χ1) is 9.02. The zero-order valence-corrected chi connectivity index (χ0v) is 12.7. The number of likely N-dealkylation sites (N-methyl/N-ethyl adjacent to an activating group) is 1. The van der Waals surface area contributed by atoms with Gasteiger partial charge in [0.15, 0.2) is 0 Å². The van der Waals surface area contributed by atoms with Gasteiger partial charge in [-0.1, -0.05) is 32.4 Å². The summed E-state index contributed by atoms with van der Waals surface area (Å²) >= 11 is 6.29. The molecule has 0 atom stereocenters. The Bertz CT molecular complexity index is 417. The van der Waals surface area contributed by atoms with E-state index >= 15 is 0 Å². The van der Waals surface area contributed by atoms with E-state index in [9.17, 15) is 4.39 Å². The molecule has 1 fully saturated rings. The van der Waals surface area contributed by atoms with E-state index in [1.54, 1.807) is 6.07 Å². The summed E-state index contributed by atoms with van der Waals surface area (Å²) in [5.74, 6) is 0.0964. The van der Waals surface area contributed by atoms with E-state index in [2.05, 4.69) is 16.7 Å². The average Bonchev–Trinajstić information content (AvgIpc) is 2.38. The third-order valence-electron chi connectivity index (χ3n) is 3.84. The van der Waals surface area contributed by atoms with Gasteiger partial charge in [0.2, 0.25) is 0 Å². The van der Waals surface area contributed by atoms with Crippen LogP contribution < -0.4 is 4.90 Å². The van der Waals surface area contributed by atoms with Crippen molar-refractivity contribution in [3.63, 3.8) is 0 Å². The average molecular weight is 285 g/mol. The van der Waals surface area contributed by atoms with Crippen molar-refractivity contribution >= 4 is 17.3 Å². The van der Waals surface area contributed by atoms with Crippen LogP contribution in [0.2, 0.25) is 5.02 Å². The standard InChI is InChI=1S/C15H22ClFN2/c1-4-18-5-7-19(8-6-18)15-13(16)9-12(11(2)3)10-14(15)17/h9-11H,4-8H2,1-3H3. The Morgan fingerprint density at radius 1 is 1.21 bits per heavy atom. The second-order valence-electron chi connectivity index (χ2n) is 5.41. The first-order valence-electron chi connectivity index (χ1n) is 6.99. The highest BCUT2D eigenvalue weighted by Gasteiger charge is 2.21. The number of anilines is 1. The summed E-state index contributed by atoms with van der Waals surface area (Å²) in [6, 6.07) is 3.52. The highest BCUT2D eigenvalue weighted by Crippen LogP contribution is 2.33. The SMILES string of the molecule is CCN1CCN(c2c(F)cc(C(C)C)cc2Cl)CC1. The lowest BCUT2D eigenvalue weighted by molar-refractivity contribution is 0.270. The van der Waals surface area contributed by atoms with Crippen molar-refractivity contribution in [1.29, 1.82) is 0 Å². The number of piperazine rings is 1. The number of hydrogen-bond acceptors (Lipinski definition) is 2. The molecule has 19 heavy (non-hydrogen) atoms. The Morgan fingerprint density at radius 3 is 2.32 bits per heavy atom. The van der Waals surface area contributed by atoms with E-state index in [1.807, 2.05) is 19.9 Å². The molecule has 2 rings (SSSR count). The molecule has 0 spiro atoms. The molecular weight excluding hydrogens is 263 g/mol. The minimum absolute atomic E-state index is 0.193. The summed E-state index contributed by atoms with van der Waals surface area (Å²) < 4.78 is 14.3. The van der Waals surface area contributed by atoms with Crippen LogP contribution in [0.3, 0.4) is 0 Å². The van der Waals surface area contributed by atoms with Crippen LogP contribution in [0.25, 0.3) is 0 Å². The summed E-state index contributed by atoms with van der Waals surface area (Å²) in [6.07, 6.45) is 0. The van der Waals surface area contributed by atoms with E-state index < -0.39 is 0 Å². The fraction of sp³-hybridized carbons (Fsp3) is 0.600. The molecule has 0 unspecified atom stereocenters. The van der Waals surface area contributed by atoms with Crippen LogP contribution in [-0.4, -0.2) is 37.6 Å². The van der Waals surface area contributed by atoms with Gasteiger partial charge < -0.3 is 9.80 Å². The molecule has 106 valence electrons. The van der Waals surface area contributed by atoms with Crippen molar-refractivity contribution in [3.05, 3.63) is 28.5 Å². The van der Waals surface area contributed by atoms with Gasteiger partial charge >= 0.3 is 0 Å². The lowest BCUT2D eigenvalue weighted by Gasteiger charge is -2.36. The normalized spacial score (nSPS) is 17.3. The van der Waals surface area contributed by atoms with Crippen LogP contribution >= 0.6 is 11.6 Å². The molecule has 1 aromatic rings. The Labute approximate surface area is 120 Å². The number of nitrogens with zero attached hydrogens (tertiary/aromatic N) is 2. The Hall–Kier alpha value is -0.800. The molecule has 0 aliphatic carbocycles. The molecule has 0 amide bonds. The van der Waals surface area contributed by atoms with E-state index in [0.29, 0.717) is 10.7 Å². The predicted molar refractivity (Wildman–Crippen MR) is 79.8 cm³/mol. The maximum Gasteiger partial charge on any atom is 0.148 e. The first kappa shape index (κ1) is 14.6. The van der Waals surface area contributed by atoms with Crippen LogP contribution in [-0.2, 0) is 0 Å². The van der Waals surface area contributed by atoms with Crippen molar-refractivity contribution in [3.8, 4) is 0 Å². The van der Waals surface area contributed by atoms with Crippen LogP contribution in [0.4, 0.5) is 10.1 Å². The Morgan fingerprint density at radius 2 is 1.84 bits per heavy atom. The maximum absolute atomic E-state index is 14.3. The molecule has 1 aliphatic rings. The van der Waals surface area contributed by atoms with Crippen molar-refractivity contribution in [2.45, 2.75) is 26.7 Å². The summed E-state index contributed by atoms with van der Waals surface area (Å²) in [7, 11) is 0. The minimum atomic E-state index is -0.193. The Balaban J connectivity index is 2.21. The number of benzene rings is 1. The largest absolute Gasteiger partial charge is 0.365 e. The van der Waals surface area contributed by atoms with E-state index in [0.717, 1.165) is 38.3 Å². The molecule has 1 aliphatic heterocycles. The van der Waals surface area contributed by atoms with Crippen LogP contribution in [0.5, 0.6) is 0 Å². The van der Waals surface area contributed by atoms with Crippen LogP contribution in [0.1, 0.15) is 32.3 Å². The highest BCUT2D eigenvalue weighted by molar-refractivity contribution is 6.33. The summed E-state index contributed by atoms with van der Waals surface area (Å²) in [5, 5.41) is 0.536. The second-order valence-corrected chi connectivity index (χ2v) is 5.82. The molecule has 2 nitrogen and oxygen atoms in total. The zero-order valence-electron chi connectivity index (χ0n) is 11.9. The van der Waals surface area contributed by atoms with Gasteiger partial charge in [-0.15, -0.1) is 0 Å².